The molecule has 0 aromatic carbocycles. The summed E-state index contributed by atoms with van der Waals surface area (Å²) in [6.45, 7) is 17.0. The molecule has 0 unspecified atom stereocenters. The summed E-state index contributed by atoms with van der Waals surface area (Å²) < 4.78 is 0. The van der Waals surface area contributed by atoms with Gasteiger partial charge in [-0.15, -0.1) is 0 Å². The molecule has 0 radical (unpaired) electrons. The Balaban J connectivity index is 0.000000342. The van der Waals surface area contributed by atoms with Gasteiger partial charge in [0, 0.05) is 13.1 Å². The van der Waals surface area contributed by atoms with Gasteiger partial charge in [0.25, 0.3) is 0 Å². The second-order valence-electron chi connectivity index (χ2n) is 6.10. The average molecular weight is 292 g/mol. The van der Waals surface area contributed by atoms with Crippen molar-refractivity contribution in [1.82, 2.24) is 4.90 Å². The van der Waals surface area contributed by atoms with Crippen molar-refractivity contribution in [1.29, 1.82) is 0 Å². The molecule has 122 valence electrons. The van der Waals surface area contributed by atoms with E-state index in [2.05, 4.69) is 45.4 Å². The molecule has 1 saturated carbocycles. The molecule has 0 aromatic rings. The van der Waals surface area contributed by atoms with Gasteiger partial charge < -0.3 is 4.90 Å². The highest BCUT2D eigenvalue weighted by Crippen LogP contribution is 2.25. The molecule has 0 spiro atoms. The number of rotatable bonds is 0. The third kappa shape index (κ3) is 8.93. The van der Waals surface area contributed by atoms with Crippen LogP contribution in [-0.4, -0.2) is 25.0 Å². The molecule has 1 aliphatic heterocycles. The molecule has 0 aromatic heterocycles. The van der Waals surface area contributed by atoms with Crippen LogP contribution >= 0.6 is 0 Å². The quantitative estimate of drug-likeness (QED) is 0.485. The Bertz CT molecular complexity index is 334. The van der Waals surface area contributed by atoms with Crippen molar-refractivity contribution in [3.8, 4) is 0 Å². The highest BCUT2D eigenvalue weighted by atomic mass is 15.1. The first-order valence-corrected chi connectivity index (χ1v) is 8.67. The van der Waals surface area contributed by atoms with Crippen molar-refractivity contribution in [3.05, 3.63) is 34.9 Å². The van der Waals surface area contributed by atoms with E-state index in [1.54, 1.807) is 11.1 Å². The van der Waals surface area contributed by atoms with Crippen molar-refractivity contribution in [2.24, 2.45) is 0 Å². The van der Waals surface area contributed by atoms with Crippen LogP contribution in [-0.2, 0) is 0 Å². The summed E-state index contributed by atoms with van der Waals surface area (Å²) in [5.41, 5.74) is 6.26. The van der Waals surface area contributed by atoms with E-state index >= 15 is 0 Å². The summed E-state index contributed by atoms with van der Waals surface area (Å²) >= 11 is 0. The zero-order valence-electron chi connectivity index (χ0n) is 15.4. The maximum Gasteiger partial charge on any atom is 0.00158 e. The van der Waals surface area contributed by atoms with Crippen molar-refractivity contribution >= 4 is 0 Å². The molecule has 21 heavy (non-hydrogen) atoms. The van der Waals surface area contributed by atoms with Gasteiger partial charge >= 0.3 is 0 Å². The van der Waals surface area contributed by atoms with Crippen molar-refractivity contribution < 1.29 is 0 Å². The fraction of sp³-hybridized carbons (Fsp3) is 0.700. The van der Waals surface area contributed by atoms with E-state index in [9.17, 15) is 0 Å². The summed E-state index contributed by atoms with van der Waals surface area (Å²) in [6.07, 6.45) is 9.79. The van der Waals surface area contributed by atoms with Gasteiger partial charge in [-0.05, 0) is 66.3 Å². The van der Waals surface area contributed by atoms with Crippen LogP contribution in [0.3, 0.4) is 0 Å². The lowest BCUT2D eigenvalue weighted by Gasteiger charge is -2.24. The molecule has 1 heteroatoms. The van der Waals surface area contributed by atoms with Crippen molar-refractivity contribution in [2.75, 3.05) is 20.1 Å². The maximum absolute atomic E-state index is 3.96. The third-order valence-corrected chi connectivity index (χ3v) is 4.31. The Morgan fingerprint density at radius 3 is 1.81 bits per heavy atom. The van der Waals surface area contributed by atoms with Crippen molar-refractivity contribution in [2.45, 2.75) is 73.1 Å². The number of hydrogen-bond acceptors (Lipinski definition) is 1. The Hall–Kier alpha value is -0.820. The summed E-state index contributed by atoms with van der Waals surface area (Å²) in [6, 6.07) is 0. The van der Waals surface area contributed by atoms with Crippen LogP contribution in [0.15, 0.2) is 34.9 Å². The maximum atomic E-state index is 3.96. The van der Waals surface area contributed by atoms with Crippen LogP contribution in [0.2, 0.25) is 0 Å². The minimum atomic E-state index is 1.22. The molecule has 1 saturated heterocycles. The van der Waals surface area contributed by atoms with Gasteiger partial charge in [-0.2, -0.15) is 0 Å². The molecular weight excluding hydrogens is 254 g/mol. The van der Waals surface area contributed by atoms with E-state index in [1.807, 2.05) is 13.8 Å². The second kappa shape index (κ2) is 11.8. The number of allylic oxidation sites excluding steroid dienone is 4. The first kappa shape index (κ1) is 20.2. The van der Waals surface area contributed by atoms with Gasteiger partial charge in [0.2, 0.25) is 0 Å². The van der Waals surface area contributed by atoms with Crippen LogP contribution in [0, 0.1) is 0 Å². The topological polar surface area (TPSA) is 3.24 Å². The lowest BCUT2D eigenvalue weighted by atomic mass is 9.91. The third-order valence-electron chi connectivity index (χ3n) is 4.31. The number of likely N-dealkylation sites (tertiary alicyclic amines) is 1. The smallest absolute Gasteiger partial charge is 0.00158 e. The fourth-order valence-corrected chi connectivity index (χ4v) is 2.60. The van der Waals surface area contributed by atoms with E-state index in [0.29, 0.717) is 0 Å². The van der Waals surface area contributed by atoms with Crippen LogP contribution in [0.25, 0.3) is 0 Å². The minimum absolute atomic E-state index is 1.22. The lowest BCUT2D eigenvalue weighted by molar-refractivity contribution is 0.311. The number of nitrogens with zero attached hydrogens (tertiary/aromatic N) is 1. The molecule has 1 nitrogen and oxygen atoms in total. The average Bonchev–Trinajstić information content (AvgIpc) is 2.51. The zero-order chi connectivity index (χ0) is 16.3. The molecule has 0 amide bonds. The highest BCUT2D eigenvalue weighted by Gasteiger charge is 2.09. The Kier molecular flexibility index (Phi) is 11.3. The highest BCUT2D eigenvalue weighted by molar-refractivity contribution is 5.13. The first-order valence-electron chi connectivity index (χ1n) is 8.67. The van der Waals surface area contributed by atoms with E-state index in [0.717, 1.165) is 0 Å². The van der Waals surface area contributed by atoms with E-state index in [1.165, 1.54) is 62.8 Å². The van der Waals surface area contributed by atoms with Crippen LogP contribution in [0.4, 0.5) is 0 Å². The Labute approximate surface area is 133 Å². The van der Waals surface area contributed by atoms with Gasteiger partial charge in [0.15, 0.2) is 0 Å². The van der Waals surface area contributed by atoms with Crippen molar-refractivity contribution in [3.63, 3.8) is 0 Å². The monoisotopic (exact) mass is 291 g/mol. The first-order chi connectivity index (χ1) is 10.0. The summed E-state index contributed by atoms with van der Waals surface area (Å²) in [5.74, 6) is 0. The molecule has 0 bridgehead atoms. The predicted octanol–water partition coefficient (Wildman–Crippen LogP) is 6.14. The summed E-state index contributed by atoms with van der Waals surface area (Å²) in [7, 11) is 2.20. The number of hydrogen-bond donors (Lipinski definition) is 0. The van der Waals surface area contributed by atoms with E-state index in [-0.39, 0.29) is 0 Å². The predicted molar refractivity (Wildman–Crippen MR) is 97.8 cm³/mol. The largest absolute Gasteiger partial charge is 0.306 e. The van der Waals surface area contributed by atoms with Gasteiger partial charge in [0.1, 0.15) is 0 Å². The molecule has 2 aliphatic rings. The molecular formula is C20H37N. The van der Waals surface area contributed by atoms with Crippen LogP contribution in [0.5, 0.6) is 0 Å². The molecule has 2 rings (SSSR count). The normalized spacial score (nSPS) is 19.0. The molecule has 1 heterocycles. The molecule has 1 aliphatic carbocycles. The van der Waals surface area contributed by atoms with Gasteiger partial charge in [-0.25, -0.2) is 0 Å². The summed E-state index contributed by atoms with van der Waals surface area (Å²) in [4.78, 5) is 2.40. The van der Waals surface area contributed by atoms with Gasteiger partial charge in [-0.1, -0.05) is 48.8 Å². The van der Waals surface area contributed by atoms with Crippen LogP contribution in [0.1, 0.15) is 73.1 Å². The van der Waals surface area contributed by atoms with Crippen LogP contribution < -0.4 is 0 Å². The molecule has 0 N–H and O–H groups in total. The minimum Gasteiger partial charge on any atom is -0.306 e. The standard InChI is InChI=1S/C9H17N.C9H14.C2H6/c1-8(2)9-4-6-10(3)7-5-9;1-3-9-6-4-8(2)5-7-9;1-2/h4-7H2,1-3H3;3H,2,4-7H2,1H3;1-2H3. The Morgan fingerprint density at radius 1 is 0.952 bits per heavy atom. The number of piperidine rings is 1. The van der Waals surface area contributed by atoms with E-state index < -0.39 is 0 Å². The Morgan fingerprint density at radius 2 is 1.43 bits per heavy atom. The fourth-order valence-electron chi connectivity index (χ4n) is 2.60. The van der Waals surface area contributed by atoms with E-state index in [4.69, 9.17) is 0 Å². The summed E-state index contributed by atoms with van der Waals surface area (Å²) in [5, 5.41) is 0. The zero-order valence-corrected chi connectivity index (χ0v) is 15.4. The molecule has 2 fully saturated rings. The molecule has 0 atom stereocenters. The lowest BCUT2D eigenvalue weighted by Crippen LogP contribution is -2.26. The SMILES string of the molecule is C=C1CCC(=CC)CC1.CC.CC(C)=C1CCN(C)CC1. The van der Waals surface area contributed by atoms with Gasteiger partial charge in [-0.3, -0.25) is 0 Å². The van der Waals surface area contributed by atoms with Gasteiger partial charge in [0.05, 0.1) is 0 Å². The second-order valence-corrected chi connectivity index (χ2v) is 6.10.